The van der Waals surface area contributed by atoms with Gasteiger partial charge in [-0.3, -0.25) is 14.4 Å². The van der Waals surface area contributed by atoms with Gasteiger partial charge < -0.3 is 14.9 Å². The highest BCUT2D eigenvalue weighted by atomic mass is 16.4. The van der Waals surface area contributed by atoms with E-state index in [9.17, 15) is 19.5 Å². The number of carbonyl (C=O) groups is 3. The van der Waals surface area contributed by atoms with Gasteiger partial charge in [0.05, 0.1) is 12.0 Å². The highest BCUT2D eigenvalue weighted by Crippen LogP contribution is 2.44. The molecule has 0 unspecified atom stereocenters. The van der Waals surface area contributed by atoms with Gasteiger partial charge in [0.15, 0.2) is 0 Å². The fourth-order valence-electron chi connectivity index (χ4n) is 2.46. The third-order valence-electron chi connectivity index (χ3n) is 4.17. The van der Waals surface area contributed by atoms with Crippen molar-refractivity contribution in [2.24, 2.45) is 5.41 Å². The predicted molar refractivity (Wildman–Crippen MR) is 74.1 cm³/mol. The summed E-state index contributed by atoms with van der Waals surface area (Å²) in [6.45, 7) is 5.00. The SMILES string of the molecule is CCN(CC)C(=O)CN(C)C(=O)CC1(C(=O)O)CCC1. The Morgan fingerprint density at radius 3 is 2.00 bits per heavy atom. The van der Waals surface area contributed by atoms with Crippen molar-refractivity contribution in [1.29, 1.82) is 0 Å². The van der Waals surface area contributed by atoms with Gasteiger partial charge in [-0.2, -0.15) is 0 Å². The largest absolute Gasteiger partial charge is 0.481 e. The maximum atomic E-state index is 12.1. The molecule has 0 spiro atoms. The molecule has 6 heteroatoms. The summed E-state index contributed by atoms with van der Waals surface area (Å²) < 4.78 is 0. The van der Waals surface area contributed by atoms with E-state index in [1.165, 1.54) is 4.90 Å². The molecule has 1 aliphatic carbocycles. The molecule has 1 rings (SSSR count). The Labute approximate surface area is 119 Å². The second kappa shape index (κ2) is 6.72. The van der Waals surface area contributed by atoms with E-state index in [4.69, 9.17) is 0 Å². The summed E-state index contributed by atoms with van der Waals surface area (Å²) in [6.07, 6.45) is 1.93. The van der Waals surface area contributed by atoms with Crippen LogP contribution in [0.15, 0.2) is 0 Å². The van der Waals surface area contributed by atoms with Crippen LogP contribution in [0.4, 0.5) is 0 Å². The first-order valence-corrected chi connectivity index (χ1v) is 7.11. The topological polar surface area (TPSA) is 77.9 Å². The molecular weight excluding hydrogens is 260 g/mol. The van der Waals surface area contributed by atoms with E-state index >= 15 is 0 Å². The molecule has 2 amide bonds. The maximum Gasteiger partial charge on any atom is 0.310 e. The third kappa shape index (κ3) is 3.49. The number of carboxylic acids is 1. The van der Waals surface area contributed by atoms with E-state index < -0.39 is 11.4 Å². The van der Waals surface area contributed by atoms with E-state index in [1.807, 2.05) is 13.8 Å². The highest BCUT2D eigenvalue weighted by molar-refractivity contribution is 5.88. The molecule has 0 heterocycles. The lowest BCUT2D eigenvalue weighted by Gasteiger charge is -2.38. The molecule has 0 bridgehead atoms. The highest BCUT2D eigenvalue weighted by Gasteiger charge is 2.46. The molecule has 6 nitrogen and oxygen atoms in total. The van der Waals surface area contributed by atoms with Gasteiger partial charge in [0.1, 0.15) is 0 Å². The first-order valence-electron chi connectivity index (χ1n) is 7.11. The second-order valence-electron chi connectivity index (χ2n) is 5.43. The zero-order valence-electron chi connectivity index (χ0n) is 12.5. The summed E-state index contributed by atoms with van der Waals surface area (Å²) in [7, 11) is 1.55. The van der Waals surface area contributed by atoms with E-state index in [0.717, 1.165) is 6.42 Å². The summed E-state index contributed by atoms with van der Waals surface area (Å²) in [5, 5.41) is 9.21. The average Bonchev–Trinajstić information content (AvgIpc) is 2.34. The number of rotatable bonds is 7. The van der Waals surface area contributed by atoms with Gasteiger partial charge in [0.25, 0.3) is 0 Å². The number of carbonyl (C=O) groups excluding carboxylic acids is 2. The summed E-state index contributed by atoms with van der Waals surface area (Å²) >= 11 is 0. The molecule has 1 saturated carbocycles. The molecular formula is C14H24N2O4. The van der Waals surface area contributed by atoms with Crippen LogP contribution in [0.2, 0.25) is 0 Å². The van der Waals surface area contributed by atoms with Crippen LogP contribution in [0, 0.1) is 5.41 Å². The van der Waals surface area contributed by atoms with Gasteiger partial charge in [-0.05, 0) is 26.7 Å². The molecule has 114 valence electrons. The van der Waals surface area contributed by atoms with Crippen molar-refractivity contribution in [1.82, 2.24) is 9.80 Å². The van der Waals surface area contributed by atoms with Crippen LogP contribution >= 0.6 is 0 Å². The third-order valence-corrected chi connectivity index (χ3v) is 4.17. The Morgan fingerprint density at radius 2 is 1.65 bits per heavy atom. The summed E-state index contributed by atoms with van der Waals surface area (Å²) in [4.78, 5) is 38.2. The van der Waals surface area contributed by atoms with Crippen molar-refractivity contribution in [2.45, 2.75) is 39.5 Å². The average molecular weight is 284 g/mol. The lowest BCUT2D eigenvalue weighted by Crippen LogP contribution is -2.45. The van der Waals surface area contributed by atoms with E-state index in [2.05, 4.69) is 0 Å². The van der Waals surface area contributed by atoms with Crippen LogP contribution in [0.25, 0.3) is 0 Å². The van der Waals surface area contributed by atoms with Crippen molar-refractivity contribution in [3.63, 3.8) is 0 Å². The lowest BCUT2D eigenvalue weighted by molar-refractivity contribution is -0.159. The zero-order valence-corrected chi connectivity index (χ0v) is 12.5. The first-order chi connectivity index (χ1) is 9.36. The summed E-state index contributed by atoms with van der Waals surface area (Å²) in [5.74, 6) is -1.28. The molecule has 0 saturated heterocycles. The Bertz CT molecular complexity index is 387. The molecule has 0 atom stereocenters. The Kier molecular flexibility index (Phi) is 5.53. The minimum atomic E-state index is -0.902. The Morgan fingerprint density at radius 1 is 1.10 bits per heavy atom. The molecule has 0 aromatic carbocycles. The molecule has 0 aliphatic heterocycles. The van der Waals surface area contributed by atoms with E-state index in [-0.39, 0.29) is 24.8 Å². The van der Waals surface area contributed by atoms with Crippen molar-refractivity contribution in [2.75, 3.05) is 26.7 Å². The van der Waals surface area contributed by atoms with Gasteiger partial charge in [-0.15, -0.1) is 0 Å². The standard InChI is InChI=1S/C14H24N2O4/c1-4-16(5-2)12(18)10-15(3)11(17)9-14(13(19)20)7-6-8-14/h4-10H2,1-3H3,(H,19,20). The molecule has 20 heavy (non-hydrogen) atoms. The summed E-state index contributed by atoms with van der Waals surface area (Å²) in [6, 6.07) is 0. The monoisotopic (exact) mass is 284 g/mol. The zero-order chi connectivity index (χ0) is 15.3. The van der Waals surface area contributed by atoms with Crippen LogP contribution in [-0.4, -0.2) is 59.4 Å². The van der Waals surface area contributed by atoms with Gasteiger partial charge >= 0.3 is 5.97 Å². The van der Waals surface area contributed by atoms with Crippen LogP contribution in [0.1, 0.15) is 39.5 Å². The van der Waals surface area contributed by atoms with Crippen LogP contribution in [0.5, 0.6) is 0 Å². The molecule has 0 aromatic rings. The van der Waals surface area contributed by atoms with Crippen LogP contribution < -0.4 is 0 Å². The van der Waals surface area contributed by atoms with Crippen LogP contribution in [-0.2, 0) is 14.4 Å². The minimum absolute atomic E-state index is 0.00956. The number of hydrogen-bond acceptors (Lipinski definition) is 3. The molecule has 1 aliphatic rings. The van der Waals surface area contributed by atoms with Gasteiger partial charge in [0.2, 0.25) is 11.8 Å². The van der Waals surface area contributed by atoms with Crippen molar-refractivity contribution in [3.8, 4) is 0 Å². The maximum absolute atomic E-state index is 12.1. The number of carboxylic acid groups (broad SMARTS) is 1. The fourth-order valence-corrected chi connectivity index (χ4v) is 2.46. The summed E-state index contributed by atoms with van der Waals surface area (Å²) in [5.41, 5.74) is -0.899. The van der Waals surface area contributed by atoms with Crippen LogP contribution in [0.3, 0.4) is 0 Å². The van der Waals surface area contributed by atoms with Gasteiger partial charge in [-0.25, -0.2) is 0 Å². The quantitative estimate of drug-likeness (QED) is 0.755. The van der Waals surface area contributed by atoms with E-state index in [0.29, 0.717) is 25.9 Å². The van der Waals surface area contributed by atoms with Gasteiger partial charge in [0, 0.05) is 26.6 Å². The van der Waals surface area contributed by atoms with Gasteiger partial charge in [-0.1, -0.05) is 6.42 Å². The Balaban J connectivity index is 2.55. The number of hydrogen-bond donors (Lipinski definition) is 1. The molecule has 1 N–H and O–H groups in total. The van der Waals surface area contributed by atoms with Crippen molar-refractivity contribution in [3.05, 3.63) is 0 Å². The predicted octanol–water partition coefficient (Wildman–Crippen LogP) is 0.958. The smallest absolute Gasteiger partial charge is 0.310 e. The van der Waals surface area contributed by atoms with Crippen molar-refractivity contribution >= 4 is 17.8 Å². The molecule has 0 aromatic heterocycles. The first kappa shape index (κ1) is 16.5. The number of aliphatic carboxylic acids is 1. The van der Waals surface area contributed by atoms with E-state index in [1.54, 1.807) is 11.9 Å². The number of amides is 2. The Hall–Kier alpha value is -1.59. The normalized spacial score (nSPS) is 16.1. The van der Waals surface area contributed by atoms with Crippen molar-refractivity contribution < 1.29 is 19.5 Å². The number of likely N-dealkylation sites (N-methyl/N-ethyl adjacent to an activating group) is 2. The fraction of sp³-hybridized carbons (Fsp3) is 0.786. The molecule has 1 fully saturated rings. The second-order valence-corrected chi connectivity index (χ2v) is 5.43. The lowest BCUT2D eigenvalue weighted by atomic mass is 9.66. The minimum Gasteiger partial charge on any atom is -0.481 e. The molecule has 0 radical (unpaired) electrons. The number of nitrogens with zero attached hydrogens (tertiary/aromatic N) is 2.